The highest BCUT2D eigenvalue weighted by Crippen LogP contribution is 2.33. The fourth-order valence-electron chi connectivity index (χ4n) is 3.18. The first kappa shape index (κ1) is 22.4. The fourth-order valence-corrected chi connectivity index (χ4v) is 5.62. The van der Waals surface area contributed by atoms with Crippen molar-refractivity contribution in [2.45, 2.75) is 23.3 Å². The number of thiazole rings is 1. The SMILES string of the molecule is CCS(=O)(=O)c1cccc(C(=O)N(Cc2cccnc2)c2nc3ccc(SC)cc3s2)c1. The summed E-state index contributed by atoms with van der Waals surface area (Å²) in [5.41, 5.74) is 1.96. The minimum atomic E-state index is -3.43. The molecule has 0 aliphatic rings. The molecule has 0 aliphatic carbocycles. The van der Waals surface area contributed by atoms with E-state index in [1.54, 1.807) is 48.1 Å². The Hall–Kier alpha value is -2.75. The average molecular weight is 484 g/mol. The summed E-state index contributed by atoms with van der Waals surface area (Å²) < 4.78 is 25.7. The zero-order chi connectivity index (χ0) is 22.7. The zero-order valence-electron chi connectivity index (χ0n) is 17.6. The van der Waals surface area contributed by atoms with Crippen molar-refractivity contribution in [3.05, 3.63) is 78.1 Å². The van der Waals surface area contributed by atoms with Gasteiger partial charge in [0.15, 0.2) is 15.0 Å². The minimum Gasteiger partial charge on any atom is -0.279 e. The number of rotatable bonds is 7. The lowest BCUT2D eigenvalue weighted by Gasteiger charge is -2.20. The minimum absolute atomic E-state index is 0.0281. The van der Waals surface area contributed by atoms with Gasteiger partial charge in [0.1, 0.15) is 0 Å². The number of nitrogens with zero attached hydrogens (tertiary/aromatic N) is 3. The van der Waals surface area contributed by atoms with Crippen molar-refractivity contribution in [1.82, 2.24) is 9.97 Å². The number of carbonyl (C=O) groups is 1. The molecule has 32 heavy (non-hydrogen) atoms. The number of hydrogen-bond acceptors (Lipinski definition) is 7. The van der Waals surface area contributed by atoms with Crippen LogP contribution in [0.25, 0.3) is 10.2 Å². The number of benzene rings is 2. The van der Waals surface area contributed by atoms with Gasteiger partial charge >= 0.3 is 0 Å². The van der Waals surface area contributed by atoms with Crippen molar-refractivity contribution in [1.29, 1.82) is 0 Å². The first-order valence-electron chi connectivity index (χ1n) is 9.89. The van der Waals surface area contributed by atoms with E-state index < -0.39 is 9.84 Å². The summed E-state index contributed by atoms with van der Waals surface area (Å²) in [5, 5.41) is 0.552. The molecule has 0 aliphatic heterocycles. The smallest absolute Gasteiger partial charge is 0.260 e. The van der Waals surface area contributed by atoms with Crippen LogP contribution in [-0.4, -0.2) is 36.3 Å². The van der Waals surface area contributed by atoms with Crippen LogP contribution in [0.3, 0.4) is 0 Å². The van der Waals surface area contributed by atoms with Gasteiger partial charge in [0, 0.05) is 22.9 Å². The summed E-state index contributed by atoms with van der Waals surface area (Å²) in [7, 11) is -3.43. The molecule has 0 radical (unpaired) electrons. The second-order valence-corrected chi connectivity index (χ2v) is 11.2. The summed E-state index contributed by atoms with van der Waals surface area (Å²) in [6.07, 6.45) is 5.40. The molecule has 6 nitrogen and oxygen atoms in total. The van der Waals surface area contributed by atoms with E-state index in [1.807, 2.05) is 30.5 Å². The second kappa shape index (κ2) is 9.40. The number of aromatic nitrogens is 2. The van der Waals surface area contributed by atoms with Gasteiger partial charge in [-0.15, -0.1) is 11.8 Å². The third-order valence-corrected chi connectivity index (χ3v) is 8.44. The molecule has 9 heteroatoms. The molecule has 4 rings (SSSR count). The van der Waals surface area contributed by atoms with Crippen LogP contribution < -0.4 is 4.90 Å². The van der Waals surface area contributed by atoms with Gasteiger partial charge in [-0.1, -0.05) is 30.4 Å². The van der Waals surface area contributed by atoms with Crippen LogP contribution in [0.4, 0.5) is 5.13 Å². The summed E-state index contributed by atoms with van der Waals surface area (Å²) >= 11 is 3.08. The van der Waals surface area contributed by atoms with Crippen LogP contribution in [0.1, 0.15) is 22.8 Å². The first-order chi connectivity index (χ1) is 15.4. The molecule has 0 saturated carbocycles. The van der Waals surface area contributed by atoms with Gasteiger partial charge in [0.2, 0.25) is 0 Å². The molecule has 1 amide bonds. The maximum atomic E-state index is 13.6. The molecule has 2 heterocycles. The molecule has 0 N–H and O–H groups in total. The molecule has 4 aromatic rings. The van der Waals surface area contributed by atoms with E-state index in [9.17, 15) is 13.2 Å². The summed E-state index contributed by atoms with van der Waals surface area (Å²) in [6, 6.07) is 15.9. The number of carbonyl (C=O) groups excluding carboxylic acids is 1. The van der Waals surface area contributed by atoms with Crippen LogP contribution in [0.2, 0.25) is 0 Å². The molecule has 0 saturated heterocycles. The molecule has 164 valence electrons. The van der Waals surface area contributed by atoms with Crippen molar-refractivity contribution < 1.29 is 13.2 Å². The Bertz CT molecular complexity index is 1370. The molecule has 0 unspecified atom stereocenters. The van der Waals surface area contributed by atoms with E-state index in [0.29, 0.717) is 10.7 Å². The molecule has 0 spiro atoms. The largest absolute Gasteiger partial charge is 0.279 e. The Morgan fingerprint density at radius 1 is 1.12 bits per heavy atom. The summed E-state index contributed by atoms with van der Waals surface area (Å²) in [4.78, 5) is 25.3. The molecular weight excluding hydrogens is 462 g/mol. The molecule has 2 aromatic heterocycles. The normalized spacial score (nSPS) is 11.6. The third kappa shape index (κ3) is 4.69. The van der Waals surface area contributed by atoms with Crippen molar-refractivity contribution in [3.8, 4) is 0 Å². The number of hydrogen-bond donors (Lipinski definition) is 0. The number of sulfone groups is 1. The van der Waals surface area contributed by atoms with Gasteiger partial charge in [-0.2, -0.15) is 0 Å². The van der Waals surface area contributed by atoms with E-state index in [2.05, 4.69) is 11.1 Å². The first-order valence-corrected chi connectivity index (χ1v) is 13.6. The lowest BCUT2D eigenvalue weighted by Crippen LogP contribution is -2.30. The maximum absolute atomic E-state index is 13.6. The predicted molar refractivity (Wildman–Crippen MR) is 130 cm³/mol. The van der Waals surface area contributed by atoms with E-state index >= 15 is 0 Å². The van der Waals surface area contributed by atoms with E-state index in [-0.39, 0.29) is 23.1 Å². The predicted octanol–water partition coefficient (Wildman–Crippen LogP) is 5.05. The summed E-state index contributed by atoms with van der Waals surface area (Å²) in [6.45, 7) is 1.86. The van der Waals surface area contributed by atoms with Crippen LogP contribution in [0, 0.1) is 0 Å². The molecule has 0 bridgehead atoms. The Kier molecular flexibility index (Phi) is 6.59. The maximum Gasteiger partial charge on any atom is 0.260 e. The highest BCUT2D eigenvalue weighted by atomic mass is 32.2. The van der Waals surface area contributed by atoms with E-state index in [0.717, 1.165) is 20.7 Å². The van der Waals surface area contributed by atoms with Gasteiger partial charge in [-0.05, 0) is 54.3 Å². The van der Waals surface area contributed by atoms with Crippen molar-refractivity contribution in [3.63, 3.8) is 0 Å². The average Bonchev–Trinajstić information content (AvgIpc) is 3.25. The van der Waals surface area contributed by atoms with Gasteiger partial charge in [0.05, 0.1) is 27.4 Å². The zero-order valence-corrected chi connectivity index (χ0v) is 20.0. The van der Waals surface area contributed by atoms with Crippen molar-refractivity contribution >= 4 is 54.2 Å². The Morgan fingerprint density at radius 3 is 2.69 bits per heavy atom. The Balaban J connectivity index is 1.78. The molecule has 2 aromatic carbocycles. The monoisotopic (exact) mass is 483 g/mol. The number of anilines is 1. The lowest BCUT2D eigenvalue weighted by molar-refractivity contribution is 0.0985. The quantitative estimate of drug-likeness (QED) is 0.342. The van der Waals surface area contributed by atoms with Crippen molar-refractivity contribution in [2.75, 3.05) is 16.9 Å². The Labute approximate surface area is 195 Å². The number of amides is 1. The standard InChI is InChI=1S/C23H21N3O3S3/c1-3-32(28,29)19-8-4-7-17(12-19)22(27)26(15-16-6-5-11-24-14-16)23-25-20-10-9-18(30-2)13-21(20)31-23/h4-14H,3,15H2,1-2H3. The van der Waals surface area contributed by atoms with Gasteiger partial charge in [-0.3, -0.25) is 14.7 Å². The van der Waals surface area contributed by atoms with Gasteiger partial charge in [0.25, 0.3) is 5.91 Å². The van der Waals surface area contributed by atoms with Crippen LogP contribution in [0.5, 0.6) is 0 Å². The van der Waals surface area contributed by atoms with Gasteiger partial charge in [-0.25, -0.2) is 13.4 Å². The van der Waals surface area contributed by atoms with Crippen LogP contribution in [0.15, 0.2) is 76.8 Å². The van der Waals surface area contributed by atoms with Crippen molar-refractivity contribution in [2.24, 2.45) is 0 Å². The topological polar surface area (TPSA) is 80.2 Å². The Morgan fingerprint density at radius 2 is 1.97 bits per heavy atom. The fraction of sp³-hybridized carbons (Fsp3) is 0.174. The van der Waals surface area contributed by atoms with Crippen LogP contribution in [-0.2, 0) is 16.4 Å². The van der Waals surface area contributed by atoms with Gasteiger partial charge < -0.3 is 0 Å². The number of pyridine rings is 1. The van der Waals surface area contributed by atoms with E-state index in [1.165, 1.54) is 23.5 Å². The highest BCUT2D eigenvalue weighted by molar-refractivity contribution is 7.98. The summed E-state index contributed by atoms with van der Waals surface area (Å²) in [5.74, 6) is -0.342. The van der Waals surface area contributed by atoms with E-state index in [4.69, 9.17) is 4.98 Å². The molecule has 0 fully saturated rings. The number of thioether (sulfide) groups is 1. The molecular formula is C23H21N3O3S3. The van der Waals surface area contributed by atoms with Crippen LogP contribution >= 0.6 is 23.1 Å². The second-order valence-electron chi connectivity index (χ2n) is 7.01. The third-order valence-electron chi connectivity index (χ3n) is 4.94. The highest BCUT2D eigenvalue weighted by Gasteiger charge is 2.23. The number of fused-ring (bicyclic) bond motifs is 1. The lowest BCUT2D eigenvalue weighted by atomic mass is 10.2. The molecule has 0 atom stereocenters.